The monoisotopic (exact) mass is 371 g/mol. The second-order valence-corrected chi connectivity index (χ2v) is 8.57. The minimum absolute atomic E-state index is 0.0333. The number of likely N-dealkylation sites (N-methyl/N-ethyl adjacent to an activating group) is 1. The average Bonchev–Trinajstić information content (AvgIpc) is 3.11. The molecule has 3 aliphatic rings. The molecule has 1 spiro atoms. The maximum atomic E-state index is 12.7. The van der Waals surface area contributed by atoms with Gasteiger partial charge in [-0.05, 0) is 69.0 Å². The molecule has 4 rings (SSSR count). The van der Waals surface area contributed by atoms with Crippen molar-refractivity contribution in [3.63, 3.8) is 0 Å². The fraction of sp³-hybridized carbons (Fsp3) is 0.619. The largest absolute Gasteiger partial charge is 0.508 e. The Bertz CT molecular complexity index is 710. The lowest BCUT2D eigenvalue weighted by Crippen LogP contribution is -2.55. The summed E-state index contributed by atoms with van der Waals surface area (Å²) < 4.78 is 0. The summed E-state index contributed by atoms with van der Waals surface area (Å²) in [6.45, 7) is 4.38. The number of nitrogens with zero attached hydrogens (tertiary/aromatic N) is 3. The third kappa shape index (κ3) is 3.68. The molecule has 6 nitrogen and oxygen atoms in total. The summed E-state index contributed by atoms with van der Waals surface area (Å²) in [5.41, 5.74) is 0.791. The van der Waals surface area contributed by atoms with E-state index in [9.17, 15) is 14.7 Å². The highest BCUT2D eigenvalue weighted by Gasteiger charge is 2.44. The van der Waals surface area contributed by atoms with Crippen LogP contribution in [0.15, 0.2) is 24.3 Å². The van der Waals surface area contributed by atoms with Crippen LogP contribution in [0.1, 0.15) is 42.5 Å². The maximum Gasteiger partial charge on any atom is 0.253 e. The highest BCUT2D eigenvalue weighted by molar-refractivity contribution is 5.94. The van der Waals surface area contributed by atoms with Crippen molar-refractivity contribution in [2.24, 2.45) is 5.41 Å². The number of benzene rings is 1. The molecule has 146 valence electrons. The van der Waals surface area contributed by atoms with Crippen molar-refractivity contribution >= 4 is 11.8 Å². The predicted molar refractivity (Wildman–Crippen MR) is 103 cm³/mol. The van der Waals surface area contributed by atoms with Gasteiger partial charge in [0, 0.05) is 44.2 Å². The van der Waals surface area contributed by atoms with Crippen LogP contribution in [0.4, 0.5) is 0 Å². The summed E-state index contributed by atoms with van der Waals surface area (Å²) in [5.74, 6) is 0.517. The Labute approximate surface area is 160 Å². The second-order valence-electron chi connectivity index (χ2n) is 8.57. The van der Waals surface area contributed by atoms with E-state index in [1.165, 1.54) is 0 Å². The van der Waals surface area contributed by atoms with Crippen molar-refractivity contribution in [3.05, 3.63) is 29.8 Å². The molecule has 0 aliphatic carbocycles. The minimum atomic E-state index is 0.0333. The van der Waals surface area contributed by atoms with E-state index in [0.29, 0.717) is 23.9 Å². The van der Waals surface area contributed by atoms with Crippen molar-refractivity contribution in [2.45, 2.75) is 38.1 Å². The molecule has 1 atom stereocenters. The van der Waals surface area contributed by atoms with Crippen molar-refractivity contribution in [2.75, 3.05) is 39.8 Å². The zero-order valence-electron chi connectivity index (χ0n) is 16.1. The van der Waals surface area contributed by atoms with E-state index in [4.69, 9.17) is 0 Å². The first-order valence-corrected chi connectivity index (χ1v) is 10.0. The van der Waals surface area contributed by atoms with Crippen LogP contribution < -0.4 is 0 Å². The third-order valence-corrected chi connectivity index (χ3v) is 6.73. The van der Waals surface area contributed by atoms with Gasteiger partial charge in [0.15, 0.2) is 0 Å². The highest BCUT2D eigenvalue weighted by atomic mass is 16.3. The number of carbonyl (C=O) groups is 2. The summed E-state index contributed by atoms with van der Waals surface area (Å²) in [5, 5.41) is 9.41. The average molecular weight is 371 g/mol. The van der Waals surface area contributed by atoms with Crippen LogP contribution in [-0.4, -0.2) is 77.4 Å². The topological polar surface area (TPSA) is 64.1 Å². The van der Waals surface area contributed by atoms with E-state index in [1.807, 2.05) is 4.90 Å². The molecule has 0 saturated carbocycles. The van der Waals surface area contributed by atoms with Gasteiger partial charge < -0.3 is 19.8 Å². The first kappa shape index (κ1) is 18.3. The first-order chi connectivity index (χ1) is 13.0. The molecule has 1 N–H and O–H groups in total. The smallest absolute Gasteiger partial charge is 0.253 e. The summed E-state index contributed by atoms with van der Waals surface area (Å²) in [4.78, 5) is 31.6. The lowest BCUT2D eigenvalue weighted by molar-refractivity contribution is -0.141. The van der Waals surface area contributed by atoms with Crippen LogP contribution in [0, 0.1) is 5.41 Å². The molecule has 0 aromatic heterocycles. The van der Waals surface area contributed by atoms with Gasteiger partial charge >= 0.3 is 0 Å². The van der Waals surface area contributed by atoms with E-state index in [2.05, 4.69) is 16.8 Å². The SMILES string of the molecule is CN1CC[C@@H](N2CC3(CCC2=O)CCN(C(=O)c2ccc(O)cc2)CC3)C1. The number of hydrogen-bond donors (Lipinski definition) is 1. The van der Waals surface area contributed by atoms with Gasteiger partial charge in [0.1, 0.15) is 5.75 Å². The van der Waals surface area contributed by atoms with Crippen molar-refractivity contribution in [1.82, 2.24) is 14.7 Å². The Kier molecular flexibility index (Phi) is 4.84. The van der Waals surface area contributed by atoms with Crippen molar-refractivity contribution in [3.8, 4) is 5.75 Å². The molecular formula is C21H29N3O3. The van der Waals surface area contributed by atoms with Crippen LogP contribution in [0.3, 0.4) is 0 Å². The van der Waals surface area contributed by atoms with Crippen LogP contribution in [-0.2, 0) is 4.79 Å². The summed E-state index contributed by atoms with van der Waals surface area (Å²) in [6, 6.07) is 6.83. The lowest BCUT2D eigenvalue weighted by atomic mass is 9.72. The summed E-state index contributed by atoms with van der Waals surface area (Å²) >= 11 is 0. The Morgan fingerprint density at radius 2 is 1.81 bits per heavy atom. The minimum Gasteiger partial charge on any atom is -0.508 e. The fourth-order valence-corrected chi connectivity index (χ4v) is 4.92. The van der Waals surface area contributed by atoms with Gasteiger partial charge in [-0.1, -0.05) is 0 Å². The number of likely N-dealkylation sites (tertiary alicyclic amines) is 3. The molecule has 6 heteroatoms. The molecule has 0 bridgehead atoms. The maximum absolute atomic E-state index is 12.7. The molecule has 3 fully saturated rings. The van der Waals surface area contributed by atoms with Gasteiger partial charge in [-0.25, -0.2) is 0 Å². The zero-order chi connectivity index (χ0) is 19.0. The molecule has 27 heavy (non-hydrogen) atoms. The second kappa shape index (κ2) is 7.15. The number of rotatable bonds is 2. The Hall–Kier alpha value is -2.08. The molecule has 0 unspecified atom stereocenters. The van der Waals surface area contributed by atoms with Gasteiger partial charge in [0.2, 0.25) is 5.91 Å². The number of aromatic hydroxyl groups is 1. The quantitative estimate of drug-likeness (QED) is 0.863. The van der Waals surface area contributed by atoms with Gasteiger partial charge in [-0.2, -0.15) is 0 Å². The van der Waals surface area contributed by atoms with Gasteiger partial charge in [0.05, 0.1) is 0 Å². The van der Waals surface area contributed by atoms with Crippen LogP contribution in [0.25, 0.3) is 0 Å². The molecule has 2 amide bonds. The number of piperidine rings is 2. The van der Waals surface area contributed by atoms with Gasteiger partial charge in [-0.3, -0.25) is 9.59 Å². The van der Waals surface area contributed by atoms with Crippen LogP contribution >= 0.6 is 0 Å². The molecule has 1 aromatic carbocycles. The van der Waals surface area contributed by atoms with E-state index in [-0.39, 0.29) is 17.1 Å². The number of hydrogen-bond acceptors (Lipinski definition) is 4. The first-order valence-electron chi connectivity index (χ1n) is 10.0. The lowest BCUT2D eigenvalue weighted by Gasteiger charge is -2.49. The third-order valence-electron chi connectivity index (χ3n) is 6.73. The standard InChI is InChI=1S/C21H29N3O3/c1-22-11-7-17(14-22)24-15-21(8-6-19(24)26)9-12-23(13-10-21)20(27)16-2-4-18(25)5-3-16/h2-5,17,25H,6-15H2,1H3/t17-/m1/s1. The Morgan fingerprint density at radius 3 is 2.44 bits per heavy atom. The van der Waals surface area contributed by atoms with Crippen molar-refractivity contribution in [1.29, 1.82) is 0 Å². The van der Waals surface area contributed by atoms with Crippen LogP contribution in [0.5, 0.6) is 5.75 Å². The number of phenols is 1. The number of phenolic OH excluding ortho intramolecular Hbond substituents is 1. The Morgan fingerprint density at radius 1 is 1.11 bits per heavy atom. The highest BCUT2D eigenvalue weighted by Crippen LogP contribution is 2.41. The molecule has 1 aromatic rings. The van der Waals surface area contributed by atoms with Gasteiger partial charge in [-0.15, -0.1) is 0 Å². The predicted octanol–water partition coefficient (Wildman–Crippen LogP) is 1.94. The normalized spacial score (nSPS) is 26.0. The molecular weight excluding hydrogens is 342 g/mol. The Balaban J connectivity index is 1.39. The fourth-order valence-electron chi connectivity index (χ4n) is 4.92. The molecule has 3 aliphatic heterocycles. The zero-order valence-corrected chi connectivity index (χ0v) is 16.1. The van der Waals surface area contributed by atoms with Crippen molar-refractivity contribution < 1.29 is 14.7 Å². The molecule has 3 saturated heterocycles. The summed E-state index contributed by atoms with van der Waals surface area (Å²) in [7, 11) is 2.12. The van der Waals surface area contributed by atoms with E-state index < -0.39 is 0 Å². The van der Waals surface area contributed by atoms with E-state index >= 15 is 0 Å². The van der Waals surface area contributed by atoms with E-state index in [1.54, 1.807) is 24.3 Å². The molecule has 0 radical (unpaired) electrons. The van der Waals surface area contributed by atoms with Gasteiger partial charge in [0.25, 0.3) is 5.91 Å². The van der Waals surface area contributed by atoms with Crippen LogP contribution in [0.2, 0.25) is 0 Å². The summed E-state index contributed by atoms with van der Waals surface area (Å²) in [6.07, 6.45) is 4.59. The molecule has 3 heterocycles. The van der Waals surface area contributed by atoms with E-state index in [0.717, 1.165) is 58.4 Å². The number of carbonyl (C=O) groups excluding carboxylic acids is 2. The number of amides is 2.